The zero-order chi connectivity index (χ0) is 13.1. The number of anilines is 1. The molecule has 0 heterocycles. The summed E-state index contributed by atoms with van der Waals surface area (Å²) in [5.74, 6) is 0.0524. The van der Waals surface area contributed by atoms with Crippen molar-refractivity contribution in [2.75, 3.05) is 18.9 Å². The molecule has 3 nitrogen and oxygen atoms in total. The van der Waals surface area contributed by atoms with Crippen molar-refractivity contribution in [1.82, 2.24) is 0 Å². The molecule has 96 valence electrons. The Balaban J connectivity index is 2.53. The number of benzene rings is 1. The van der Waals surface area contributed by atoms with Gasteiger partial charge in [0.05, 0.1) is 22.4 Å². The first-order valence-corrected chi connectivity index (χ1v) is 6.10. The van der Waals surface area contributed by atoms with Crippen LogP contribution in [-0.2, 0) is 4.74 Å². The molecule has 0 unspecified atom stereocenters. The van der Waals surface area contributed by atoms with Crippen molar-refractivity contribution in [2.45, 2.75) is 26.4 Å². The third-order valence-corrected chi connectivity index (χ3v) is 2.49. The zero-order valence-electron chi connectivity index (χ0n) is 10.2. The molecular formula is C12H17BrFNO2. The van der Waals surface area contributed by atoms with Crippen molar-refractivity contribution in [3.63, 3.8) is 0 Å². The Morgan fingerprint density at radius 2 is 1.94 bits per heavy atom. The number of ether oxygens (including phenoxy) is 2. The van der Waals surface area contributed by atoms with Crippen LogP contribution < -0.4 is 10.5 Å². The summed E-state index contributed by atoms with van der Waals surface area (Å²) in [7, 11) is 0. The second kappa shape index (κ2) is 5.69. The molecule has 0 spiro atoms. The van der Waals surface area contributed by atoms with E-state index >= 15 is 0 Å². The lowest BCUT2D eigenvalue weighted by atomic mass is 10.2. The fourth-order valence-electron chi connectivity index (χ4n) is 1.22. The van der Waals surface area contributed by atoms with Gasteiger partial charge in [0, 0.05) is 6.07 Å². The molecule has 17 heavy (non-hydrogen) atoms. The molecule has 0 bridgehead atoms. The normalized spacial score (nSPS) is 11.6. The van der Waals surface area contributed by atoms with E-state index in [9.17, 15) is 4.39 Å². The quantitative estimate of drug-likeness (QED) is 0.685. The van der Waals surface area contributed by atoms with Crippen LogP contribution in [0.3, 0.4) is 0 Å². The molecule has 0 atom stereocenters. The van der Waals surface area contributed by atoms with Gasteiger partial charge in [0.1, 0.15) is 12.4 Å². The van der Waals surface area contributed by atoms with Gasteiger partial charge in [-0.25, -0.2) is 4.39 Å². The molecule has 5 heteroatoms. The summed E-state index contributed by atoms with van der Waals surface area (Å²) in [4.78, 5) is 0. The van der Waals surface area contributed by atoms with Gasteiger partial charge in [-0.1, -0.05) is 0 Å². The first-order valence-electron chi connectivity index (χ1n) is 5.31. The summed E-state index contributed by atoms with van der Waals surface area (Å²) in [5.41, 5.74) is 5.73. The summed E-state index contributed by atoms with van der Waals surface area (Å²) in [6, 6.07) is 2.54. The van der Waals surface area contributed by atoms with Crippen LogP contribution in [0.4, 0.5) is 10.1 Å². The van der Waals surface area contributed by atoms with Crippen LogP contribution in [0.25, 0.3) is 0 Å². The van der Waals surface area contributed by atoms with Crippen LogP contribution in [0, 0.1) is 5.82 Å². The first kappa shape index (κ1) is 14.3. The Labute approximate surface area is 109 Å². The highest BCUT2D eigenvalue weighted by Crippen LogP contribution is 2.32. The van der Waals surface area contributed by atoms with Crippen molar-refractivity contribution in [3.8, 4) is 5.75 Å². The summed E-state index contributed by atoms with van der Waals surface area (Å²) in [6.07, 6.45) is 0. The minimum Gasteiger partial charge on any atom is -0.488 e. The Morgan fingerprint density at radius 3 is 2.47 bits per heavy atom. The lowest BCUT2D eigenvalue weighted by Gasteiger charge is -2.20. The average Bonchev–Trinajstić information content (AvgIpc) is 2.13. The highest BCUT2D eigenvalue weighted by atomic mass is 79.9. The number of hydrogen-bond acceptors (Lipinski definition) is 3. The van der Waals surface area contributed by atoms with Gasteiger partial charge in [-0.2, -0.15) is 0 Å². The molecule has 0 radical (unpaired) electrons. The molecular weight excluding hydrogens is 289 g/mol. The van der Waals surface area contributed by atoms with Gasteiger partial charge in [0.2, 0.25) is 0 Å². The van der Waals surface area contributed by atoms with Crippen LogP contribution >= 0.6 is 15.9 Å². The predicted molar refractivity (Wildman–Crippen MR) is 69.7 cm³/mol. The van der Waals surface area contributed by atoms with Gasteiger partial charge >= 0.3 is 0 Å². The number of nitrogen functional groups attached to an aromatic ring is 1. The number of hydrogen-bond donors (Lipinski definition) is 1. The van der Waals surface area contributed by atoms with Crippen molar-refractivity contribution >= 4 is 21.6 Å². The molecule has 2 N–H and O–H groups in total. The van der Waals surface area contributed by atoms with Gasteiger partial charge in [0.15, 0.2) is 5.75 Å². The van der Waals surface area contributed by atoms with E-state index in [1.807, 2.05) is 20.8 Å². The topological polar surface area (TPSA) is 44.5 Å². The second-order valence-corrected chi connectivity index (χ2v) is 5.47. The second-order valence-electron chi connectivity index (χ2n) is 4.62. The maximum atomic E-state index is 13.0. The number of nitrogens with two attached hydrogens (primary N) is 1. The van der Waals surface area contributed by atoms with Gasteiger partial charge < -0.3 is 15.2 Å². The molecule has 1 rings (SSSR count). The lowest BCUT2D eigenvalue weighted by Crippen LogP contribution is -2.22. The van der Waals surface area contributed by atoms with E-state index < -0.39 is 5.82 Å². The van der Waals surface area contributed by atoms with E-state index in [0.29, 0.717) is 23.4 Å². The Bertz CT molecular complexity index is 368. The summed E-state index contributed by atoms with van der Waals surface area (Å²) in [5, 5.41) is 0. The average molecular weight is 306 g/mol. The van der Waals surface area contributed by atoms with E-state index in [-0.39, 0.29) is 11.3 Å². The summed E-state index contributed by atoms with van der Waals surface area (Å²) < 4.78 is 24.4. The number of halogens is 2. The lowest BCUT2D eigenvalue weighted by molar-refractivity contribution is -0.0162. The maximum absolute atomic E-state index is 13.0. The molecule has 0 amide bonds. The Morgan fingerprint density at radius 1 is 1.29 bits per heavy atom. The van der Waals surface area contributed by atoms with Gasteiger partial charge in [-0.15, -0.1) is 0 Å². The van der Waals surface area contributed by atoms with Gasteiger partial charge in [-0.05, 0) is 42.8 Å². The number of rotatable bonds is 4. The Hall–Kier alpha value is -0.810. The maximum Gasteiger partial charge on any atom is 0.156 e. The fourth-order valence-corrected chi connectivity index (χ4v) is 1.79. The molecule has 0 aliphatic heterocycles. The first-order chi connectivity index (χ1) is 7.79. The third-order valence-electron chi connectivity index (χ3n) is 1.90. The zero-order valence-corrected chi connectivity index (χ0v) is 11.8. The summed E-state index contributed by atoms with van der Waals surface area (Å²) in [6.45, 7) is 6.72. The minimum atomic E-state index is -0.396. The predicted octanol–water partition coefficient (Wildman–Crippen LogP) is 3.36. The highest BCUT2D eigenvalue weighted by molar-refractivity contribution is 9.10. The molecule has 0 aliphatic rings. The smallest absolute Gasteiger partial charge is 0.156 e. The van der Waals surface area contributed by atoms with E-state index in [1.54, 1.807) is 0 Å². The molecule has 0 fully saturated rings. The SMILES string of the molecule is CC(C)(C)OCCOc1c(N)cc(F)cc1Br. The van der Waals surface area contributed by atoms with E-state index in [2.05, 4.69) is 15.9 Å². The van der Waals surface area contributed by atoms with Crippen LogP contribution in [0.15, 0.2) is 16.6 Å². The molecule has 0 saturated heterocycles. The van der Waals surface area contributed by atoms with Crippen LogP contribution in [0.5, 0.6) is 5.75 Å². The van der Waals surface area contributed by atoms with Crippen LogP contribution in [-0.4, -0.2) is 18.8 Å². The van der Waals surface area contributed by atoms with E-state index in [0.717, 1.165) is 0 Å². The van der Waals surface area contributed by atoms with Gasteiger partial charge in [-0.3, -0.25) is 0 Å². The third kappa shape index (κ3) is 4.91. The van der Waals surface area contributed by atoms with Crippen molar-refractivity contribution < 1.29 is 13.9 Å². The summed E-state index contributed by atoms with van der Waals surface area (Å²) >= 11 is 3.20. The monoisotopic (exact) mass is 305 g/mol. The van der Waals surface area contributed by atoms with E-state index in [4.69, 9.17) is 15.2 Å². The van der Waals surface area contributed by atoms with Crippen LogP contribution in [0.2, 0.25) is 0 Å². The molecule has 0 saturated carbocycles. The fraction of sp³-hybridized carbons (Fsp3) is 0.500. The van der Waals surface area contributed by atoms with Crippen molar-refractivity contribution in [3.05, 3.63) is 22.4 Å². The molecule has 0 aliphatic carbocycles. The molecule has 1 aromatic carbocycles. The minimum absolute atomic E-state index is 0.199. The van der Waals surface area contributed by atoms with Crippen LogP contribution in [0.1, 0.15) is 20.8 Å². The molecule has 0 aromatic heterocycles. The largest absolute Gasteiger partial charge is 0.488 e. The standard InChI is InChI=1S/C12H17BrFNO2/c1-12(2,3)17-5-4-16-11-9(13)6-8(14)7-10(11)15/h6-7H,4-5,15H2,1-3H3. The van der Waals surface area contributed by atoms with E-state index in [1.165, 1.54) is 12.1 Å². The highest BCUT2D eigenvalue weighted by Gasteiger charge is 2.11. The van der Waals surface area contributed by atoms with Crippen molar-refractivity contribution in [2.24, 2.45) is 0 Å². The van der Waals surface area contributed by atoms with Crippen molar-refractivity contribution in [1.29, 1.82) is 0 Å². The Kier molecular flexibility index (Phi) is 4.77. The van der Waals surface area contributed by atoms with Gasteiger partial charge in [0.25, 0.3) is 0 Å². The molecule has 1 aromatic rings.